The molecular formula is C15H12F2N2O4S3. The van der Waals surface area contributed by atoms with Crippen LogP contribution in [0.4, 0.5) is 8.78 Å². The van der Waals surface area contributed by atoms with Gasteiger partial charge < -0.3 is 9.30 Å². The fourth-order valence-electron chi connectivity index (χ4n) is 2.24. The number of benzene rings is 1. The minimum Gasteiger partial charge on any atom is -0.465 e. The number of rotatable bonds is 5. The van der Waals surface area contributed by atoms with Crippen molar-refractivity contribution in [3.05, 3.63) is 46.1 Å². The first-order valence-electron chi connectivity index (χ1n) is 7.30. The zero-order valence-corrected chi connectivity index (χ0v) is 15.8. The normalized spacial score (nSPS) is 12.7. The lowest BCUT2D eigenvalue weighted by Gasteiger charge is -2.05. The summed E-state index contributed by atoms with van der Waals surface area (Å²) < 4.78 is 62.4. The van der Waals surface area contributed by atoms with E-state index in [9.17, 15) is 22.0 Å². The Hall–Kier alpha value is -2.11. The van der Waals surface area contributed by atoms with E-state index in [1.165, 1.54) is 6.07 Å². The summed E-state index contributed by atoms with van der Waals surface area (Å²) in [5.74, 6) is -2.42. The fourth-order valence-corrected chi connectivity index (χ4v) is 5.48. The predicted octanol–water partition coefficient (Wildman–Crippen LogP) is 2.90. The Morgan fingerprint density at radius 2 is 2.12 bits per heavy atom. The van der Waals surface area contributed by atoms with E-state index in [2.05, 4.69) is 4.40 Å². The molecule has 1 aromatic carbocycles. The highest BCUT2D eigenvalue weighted by Gasteiger charge is 2.19. The average molecular weight is 418 g/mol. The Kier molecular flexibility index (Phi) is 5.21. The first-order chi connectivity index (χ1) is 12.3. The molecule has 0 fully saturated rings. The third-order valence-electron chi connectivity index (χ3n) is 3.24. The number of hydrogen-bond donors (Lipinski definition) is 0. The number of nitrogens with zero attached hydrogens (tertiary/aromatic N) is 2. The van der Waals surface area contributed by atoms with Gasteiger partial charge in [-0.3, -0.25) is 4.79 Å². The van der Waals surface area contributed by atoms with Crippen molar-refractivity contribution >= 4 is 48.9 Å². The highest BCUT2D eigenvalue weighted by Crippen LogP contribution is 2.24. The maximum Gasteiger partial charge on any atom is 0.326 e. The number of halogens is 2. The number of esters is 1. The molecule has 0 saturated heterocycles. The number of thiophene rings is 1. The lowest BCUT2D eigenvalue weighted by Crippen LogP contribution is -2.23. The van der Waals surface area contributed by atoms with Gasteiger partial charge >= 0.3 is 5.97 Å². The molecule has 0 radical (unpaired) electrons. The van der Waals surface area contributed by atoms with Gasteiger partial charge in [-0.05, 0) is 24.4 Å². The molecule has 2 aromatic heterocycles. The summed E-state index contributed by atoms with van der Waals surface area (Å²) in [6, 6.07) is 4.65. The summed E-state index contributed by atoms with van der Waals surface area (Å²) in [5, 5.41) is 1.58. The van der Waals surface area contributed by atoms with Crippen LogP contribution >= 0.6 is 22.7 Å². The van der Waals surface area contributed by atoms with Crippen LogP contribution in [0.25, 0.3) is 10.2 Å². The van der Waals surface area contributed by atoms with E-state index in [0.29, 0.717) is 6.07 Å². The average Bonchev–Trinajstić information content (AvgIpc) is 3.16. The lowest BCUT2D eigenvalue weighted by molar-refractivity contribution is -0.143. The highest BCUT2D eigenvalue weighted by atomic mass is 32.2. The number of aromatic nitrogens is 1. The molecule has 3 rings (SSSR count). The molecule has 0 aliphatic heterocycles. The molecule has 2 heterocycles. The zero-order chi connectivity index (χ0) is 18.9. The summed E-state index contributed by atoms with van der Waals surface area (Å²) in [4.78, 5) is 11.7. The van der Waals surface area contributed by atoms with Crippen LogP contribution in [0, 0.1) is 11.6 Å². The Morgan fingerprint density at radius 3 is 2.77 bits per heavy atom. The SMILES string of the molecule is CCOC(=O)Cn1/c(=N/S(=O)(=O)c2cccs2)sc2cc(F)cc(F)c21. The van der Waals surface area contributed by atoms with E-state index in [1.807, 2.05) is 0 Å². The standard InChI is InChI=1S/C15H12F2N2O4S3/c1-2-23-12(20)8-19-14-10(17)6-9(16)7-11(14)25-15(19)18-26(21,22)13-4-3-5-24-13/h3-7H,2,8H2,1H3/b18-15-. The maximum absolute atomic E-state index is 14.3. The van der Waals surface area contributed by atoms with Crippen molar-refractivity contribution in [3.8, 4) is 0 Å². The topological polar surface area (TPSA) is 77.7 Å². The Morgan fingerprint density at radius 1 is 1.35 bits per heavy atom. The quantitative estimate of drug-likeness (QED) is 0.597. The van der Waals surface area contributed by atoms with Crippen molar-refractivity contribution in [1.82, 2.24) is 4.57 Å². The third kappa shape index (κ3) is 3.69. The monoisotopic (exact) mass is 418 g/mol. The van der Waals surface area contributed by atoms with Gasteiger partial charge in [0, 0.05) is 6.07 Å². The minimum absolute atomic E-state index is 0.00398. The first kappa shape index (κ1) is 18.7. The summed E-state index contributed by atoms with van der Waals surface area (Å²) in [6.45, 7) is 1.27. The van der Waals surface area contributed by atoms with Crippen LogP contribution in [-0.4, -0.2) is 25.6 Å². The summed E-state index contributed by atoms with van der Waals surface area (Å²) >= 11 is 1.75. The molecule has 6 nitrogen and oxygen atoms in total. The van der Waals surface area contributed by atoms with Gasteiger partial charge in [0.15, 0.2) is 5.82 Å². The molecule has 0 unspecified atom stereocenters. The second kappa shape index (κ2) is 7.25. The van der Waals surface area contributed by atoms with Crippen molar-refractivity contribution in [2.24, 2.45) is 4.40 Å². The number of carbonyl (C=O) groups is 1. The fraction of sp³-hybridized carbons (Fsp3) is 0.200. The second-order valence-corrected chi connectivity index (χ2v) is 8.80. The van der Waals surface area contributed by atoms with Crippen molar-refractivity contribution < 1.29 is 26.7 Å². The largest absolute Gasteiger partial charge is 0.465 e. The van der Waals surface area contributed by atoms with Gasteiger partial charge in [0.2, 0.25) is 4.80 Å². The smallest absolute Gasteiger partial charge is 0.326 e. The van der Waals surface area contributed by atoms with Crippen LogP contribution < -0.4 is 4.80 Å². The van der Waals surface area contributed by atoms with Crippen molar-refractivity contribution in [2.75, 3.05) is 6.61 Å². The molecular weight excluding hydrogens is 406 g/mol. The van der Waals surface area contributed by atoms with E-state index >= 15 is 0 Å². The van der Waals surface area contributed by atoms with Crippen LogP contribution in [-0.2, 0) is 26.1 Å². The minimum atomic E-state index is -4.05. The Bertz CT molecular complexity index is 1130. The molecule has 0 amide bonds. The van der Waals surface area contributed by atoms with Crippen LogP contribution in [0.5, 0.6) is 0 Å². The van der Waals surface area contributed by atoms with Gasteiger partial charge in [0.05, 0.1) is 16.8 Å². The van der Waals surface area contributed by atoms with Gasteiger partial charge in [-0.1, -0.05) is 17.4 Å². The first-order valence-corrected chi connectivity index (χ1v) is 10.4. The summed E-state index contributed by atoms with van der Waals surface area (Å²) in [6.07, 6.45) is 0. The van der Waals surface area contributed by atoms with Crippen LogP contribution in [0.3, 0.4) is 0 Å². The van der Waals surface area contributed by atoms with Crippen molar-refractivity contribution in [3.63, 3.8) is 0 Å². The molecule has 0 N–H and O–H groups in total. The molecule has 3 aromatic rings. The Labute approximate surface area is 155 Å². The number of sulfonamides is 1. The van der Waals surface area contributed by atoms with Gasteiger partial charge in [0.1, 0.15) is 16.6 Å². The number of ether oxygens (including phenoxy) is 1. The van der Waals surface area contributed by atoms with E-state index < -0.39 is 34.2 Å². The maximum atomic E-state index is 14.3. The van der Waals surface area contributed by atoms with Crippen LogP contribution in [0.2, 0.25) is 0 Å². The summed E-state index contributed by atoms with van der Waals surface area (Å²) in [5.41, 5.74) is -0.107. The molecule has 26 heavy (non-hydrogen) atoms. The number of thiazole rings is 1. The van der Waals surface area contributed by atoms with Crippen LogP contribution in [0.15, 0.2) is 38.3 Å². The third-order valence-corrected chi connectivity index (χ3v) is 7.02. The van der Waals surface area contributed by atoms with E-state index in [0.717, 1.165) is 33.3 Å². The van der Waals surface area contributed by atoms with Gasteiger partial charge in [-0.25, -0.2) is 8.78 Å². The molecule has 0 aliphatic rings. The van der Waals surface area contributed by atoms with Crippen LogP contribution in [0.1, 0.15) is 6.92 Å². The lowest BCUT2D eigenvalue weighted by atomic mass is 10.3. The van der Waals surface area contributed by atoms with Crippen molar-refractivity contribution in [1.29, 1.82) is 0 Å². The number of carbonyl (C=O) groups excluding carboxylic acids is 1. The van der Waals surface area contributed by atoms with Crippen molar-refractivity contribution in [2.45, 2.75) is 17.7 Å². The highest BCUT2D eigenvalue weighted by molar-refractivity contribution is 7.92. The molecule has 0 bridgehead atoms. The van der Waals surface area contributed by atoms with E-state index in [4.69, 9.17) is 4.74 Å². The van der Waals surface area contributed by atoms with Gasteiger partial charge in [0.25, 0.3) is 10.0 Å². The van der Waals surface area contributed by atoms with E-state index in [1.54, 1.807) is 18.4 Å². The van der Waals surface area contributed by atoms with E-state index in [-0.39, 0.29) is 25.8 Å². The van der Waals surface area contributed by atoms with Gasteiger partial charge in [-0.15, -0.1) is 15.7 Å². The molecule has 0 spiro atoms. The summed E-state index contributed by atoms with van der Waals surface area (Å²) in [7, 11) is -4.05. The molecule has 11 heteroatoms. The predicted molar refractivity (Wildman–Crippen MR) is 93.4 cm³/mol. The second-order valence-electron chi connectivity index (χ2n) is 5.01. The molecule has 0 saturated carbocycles. The number of hydrogen-bond acceptors (Lipinski definition) is 6. The Balaban J connectivity index is 2.26. The molecule has 0 atom stereocenters. The number of fused-ring (bicyclic) bond motifs is 1. The van der Waals surface area contributed by atoms with Gasteiger partial charge in [-0.2, -0.15) is 8.42 Å². The zero-order valence-electron chi connectivity index (χ0n) is 13.3. The molecule has 0 aliphatic carbocycles. The molecule has 138 valence electrons.